The predicted octanol–water partition coefficient (Wildman–Crippen LogP) is 5.91. The molecule has 0 heterocycles. The van der Waals surface area contributed by atoms with Crippen LogP contribution in [0.15, 0.2) is 42.5 Å². The molecule has 1 N–H and O–H groups in total. The normalized spacial score (nSPS) is 12.8. The Hall–Kier alpha value is -2.30. The van der Waals surface area contributed by atoms with E-state index in [2.05, 4.69) is 9.47 Å². The molecule has 0 amide bonds. The van der Waals surface area contributed by atoms with Crippen LogP contribution >= 0.6 is 0 Å². The number of aliphatic hydroxyl groups is 1. The first kappa shape index (κ1) is 26.0. The van der Waals surface area contributed by atoms with Crippen molar-refractivity contribution in [1.29, 1.82) is 0 Å². The number of aliphatic hydroxyl groups excluding tert-OH is 1. The minimum atomic E-state index is -5.80. The summed E-state index contributed by atoms with van der Waals surface area (Å²) in [5.74, 6) is 0.469. The molecule has 0 aliphatic rings. The summed E-state index contributed by atoms with van der Waals surface area (Å²) in [6.45, 7) is 0.441. The van der Waals surface area contributed by atoms with Crippen molar-refractivity contribution in [3.8, 4) is 11.5 Å². The van der Waals surface area contributed by atoms with Crippen LogP contribution in [0.25, 0.3) is 0 Å². The molecule has 4 nitrogen and oxygen atoms in total. The third-order valence-corrected chi connectivity index (χ3v) is 4.70. The lowest BCUT2D eigenvalue weighted by atomic mass is 9.89. The average Bonchev–Trinajstić information content (AvgIpc) is 2.69. The van der Waals surface area contributed by atoms with Crippen LogP contribution in [-0.2, 0) is 27.9 Å². The fraction of sp³-hybridized carbons (Fsp3) is 0.455. The first-order chi connectivity index (χ1) is 15.0. The van der Waals surface area contributed by atoms with Crippen LogP contribution in [-0.4, -0.2) is 38.0 Å². The lowest BCUT2D eigenvalue weighted by molar-refractivity contribution is -0.400. The molecule has 10 heteroatoms. The van der Waals surface area contributed by atoms with Gasteiger partial charge in [-0.1, -0.05) is 31.5 Å². The van der Waals surface area contributed by atoms with E-state index < -0.39 is 30.3 Å². The van der Waals surface area contributed by atoms with E-state index in [1.54, 1.807) is 31.2 Å². The Morgan fingerprint density at radius 2 is 1.59 bits per heavy atom. The third-order valence-electron chi connectivity index (χ3n) is 4.70. The van der Waals surface area contributed by atoms with Crippen molar-refractivity contribution in [3.05, 3.63) is 59.2 Å². The lowest BCUT2D eigenvalue weighted by Gasteiger charge is -2.37. The van der Waals surface area contributed by atoms with Crippen molar-refractivity contribution < 1.29 is 45.7 Å². The number of alkyl halides is 6. The second kappa shape index (κ2) is 10.5. The SMILES string of the molecule is CCCc1cc(C(OCOC)(C(F)(F)F)C(F)(F)F)ccc1Oc1cccc(CCO)c1. The zero-order valence-electron chi connectivity index (χ0n) is 17.5. The van der Waals surface area contributed by atoms with E-state index in [9.17, 15) is 26.3 Å². The fourth-order valence-electron chi connectivity index (χ4n) is 3.27. The topological polar surface area (TPSA) is 47.9 Å². The van der Waals surface area contributed by atoms with Gasteiger partial charge in [-0.15, -0.1) is 0 Å². The largest absolute Gasteiger partial charge is 0.457 e. The Kier molecular flexibility index (Phi) is 8.55. The molecule has 0 unspecified atom stereocenters. The third kappa shape index (κ3) is 5.54. The van der Waals surface area contributed by atoms with E-state index in [1.807, 2.05) is 0 Å². The predicted molar refractivity (Wildman–Crippen MR) is 104 cm³/mol. The minimum absolute atomic E-state index is 0.0856. The monoisotopic (exact) mass is 466 g/mol. The van der Waals surface area contributed by atoms with Gasteiger partial charge in [-0.25, -0.2) is 0 Å². The van der Waals surface area contributed by atoms with E-state index in [0.29, 0.717) is 24.7 Å². The molecular formula is C22H24F6O4. The fourth-order valence-corrected chi connectivity index (χ4v) is 3.27. The van der Waals surface area contributed by atoms with Gasteiger partial charge in [0.15, 0.2) is 0 Å². The maximum atomic E-state index is 13.8. The number of ether oxygens (including phenoxy) is 3. The van der Waals surface area contributed by atoms with Gasteiger partial charge in [0.05, 0.1) is 0 Å². The highest BCUT2D eigenvalue weighted by molar-refractivity contribution is 5.44. The molecule has 0 bridgehead atoms. The molecule has 0 aliphatic heterocycles. The summed E-state index contributed by atoms with van der Waals surface area (Å²) in [4.78, 5) is 0. The van der Waals surface area contributed by atoms with E-state index in [4.69, 9.17) is 9.84 Å². The van der Waals surface area contributed by atoms with Gasteiger partial charge in [0.1, 0.15) is 18.3 Å². The van der Waals surface area contributed by atoms with Gasteiger partial charge in [-0.3, -0.25) is 0 Å². The van der Waals surface area contributed by atoms with Crippen LogP contribution in [0, 0.1) is 0 Å². The number of rotatable bonds is 10. The second-order valence-corrected chi connectivity index (χ2v) is 7.02. The van der Waals surface area contributed by atoms with Crippen LogP contribution in [0.4, 0.5) is 26.3 Å². The van der Waals surface area contributed by atoms with Gasteiger partial charge in [-0.2, -0.15) is 26.3 Å². The summed E-state index contributed by atoms with van der Waals surface area (Å²) in [6.07, 6.45) is -10.6. The van der Waals surface area contributed by atoms with E-state index in [1.165, 1.54) is 0 Å². The number of methoxy groups -OCH3 is 1. The zero-order chi connectivity index (χ0) is 24.0. The summed E-state index contributed by atoms with van der Waals surface area (Å²) in [5, 5.41) is 9.07. The standard InChI is InChI=1S/C22H24F6O4/c1-3-5-16-13-17(20(21(23,24)25,22(26,27)28)31-14-30-2)8-9-19(16)32-18-7-4-6-15(12-18)10-11-29/h4,6-9,12-13,29H,3,5,10-11,14H2,1-2H3. The van der Waals surface area contributed by atoms with Crippen LogP contribution in [0.5, 0.6) is 11.5 Å². The molecule has 0 aromatic heterocycles. The Morgan fingerprint density at radius 3 is 2.16 bits per heavy atom. The molecule has 0 saturated carbocycles. The van der Waals surface area contributed by atoms with Gasteiger partial charge >= 0.3 is 12.4 Å². The van der Waals surface area contributed by atoms with E-state index in [-0.39, 0.29) is 24.3 Å². The Balaban J connectivity index is 2.57. The van der Waals surface area contributed by atoms with Crippen LogP contribution in [0.1, 0.15) is 30.0 Å². The second-order valence-electron chi connectivity index (χ2n) is 7.02. The molecule has 178 valence electrons. The number of hydrogen-bond donors (Lipinski definition) is 1. The molecule has 0 spiro atoms. The van der Waals surface area contributed by atoms with Crippen LogP contribution in [0.2, 0.25) is 0 Å². The number of benzene rings is 2. The van der Waals surface area contributed by atoms with E-state index in [0.717, 1.165) is 24.8 Å². The van der Waals surface area contributed by atoms with Crippen molar-refractivity contribution in [1.82, 2.24) is 0 Å². The molecule has 0 radical (unpaired) electrons. The number of hydrogen-bond acceptors (Lipinski definition) is 4. The smallest absolute Gasteiger partial charge is 0.430 e. The highest BCUT2D eigenvalue weighted by Gasteiger charge is 2.73. The summed E-state index contributed by atoms with van der Waals surface area (Å²) in [7, 11) is 0.932. The first-order valence-electron chi connectivity index (χ1n) is 9.77. The molecule has 0 fully saturated rings. The Labute approximate surface area is 181 Å². The van der Waals surface area contributed by atoms with Gasteiger partial charge in [0.25, 0.3) is 5.60 Å². The quantitative estimate of drug-likeness (QED) is 0.350. The summed E-state index contributed by atoms with van der Waals surface area (Å²) < 4.78 is 97.3. The van der Waals surface area contributed by atoms with E-state index >= 15 is 0 Å². The molecular weight excluding hydrogens is 442 g/mol. The highest BCUT2D eigenvalue weighted by Crippen LogP contribution is 2.53. The molecule has 0 saturated heterocycles. The van der Waals surface area contributed by atoms with Gasteiger partial charge in [0, 0.05) is 19.3 Å². The molecule has 32 heavy (non-hydrogen) atoms. The Morgan fingerprint density at radius 1 is 0.906 bits per heavy atom. The van der Waals surface area contributed by atoms with Crippen LogP contribution < -0.4 is 4.74 Å². The van der Waals surface area contributed by atoms with Crippen molar-refractivity contribution in [2.75, 3.05) is 20.5 Å². The van der Waals surface area contributed by atoms with Gasteiger partial charge in [0.2, 0.25) is 0 Å². The summed E-state index contributed by atoms with van der Waals surface area (Å²) in [5.41, 5.74) is -4.74. The van der Waals surface area contributed by atoms with Gasteiger partial charge in [-0.05, 0) is 48.2 Å². The number of aryl methyl sites for hydroxylation is 1. The maximum absolute atomic E-state index is 13.8. The molecule has 2 aromatic carbocycles. The molecule has 2 rings (SSSR count). The maximum Gasteiger partial charge on any atom is 0.430 e. The van der Waals surface area contributed by atoms with Crippen LogP contribution in [0.3, 0.4) is 0 Å². The van der Waals surface area contributed by atoms with Crippen molar-refractivity contribution in [3.63, 3.8) is 0 Å². The zero-order valence-corrected chi connectivity index (χ0v) is 17.5. The molecule has 0 aliphatic carbocycles. The highest BCUT2D eigenvalue weighted by atomic mass is 19.4. The average molecular weight is 466 g/mol. The van der Waals surface area contributed by atoms with Crippen molar-refractivity contribution in [2.24, 2.45) is 0 Å². The Bertz CT molecular complexity index is 865. The number of halogens is 6. The summed E-state index contributed by atoms with van der Waals surface area (Å²) in [6, 6.07) is 9.24. The van der Waals surface area contributed by atoms with Gasteiger partial charge < -0.3 is 19.3 Å². The van der Waals surface area contributed by atoms with Crippen molar-refractivity contribution >= 4 is 0 Å². The summed E-state index contributed by atoms with van der Waals surface area (Å²) >= 11 is 0. The minimum Gasteiger partial charge on any atom is -0.457 e. The molecule has 0 atom stereocenters. The lowest BCUT2D eigenvalue weighted by Crippen LogP contribution is -2.56. The first-order valence-corrected chi connectivity index (χ1v) is 9.77. The molecule has 2 aromatic rings. The van der Waals surface area contributed by atoms with Crippen molar-refractivity contribution in [2.45, 2.75) is 44.1 Å².